The van der Waals surface area contributed by atoms with E-state index in [0.29, 0.717) is 12.0 Å². The van der Waals surface area contributed by atoms with Crippen molar-refractivity contribution in [1.29, 1.82) is 0 Å². The number of rotatable bonds is 7. The summed E-state index contributed by atoms with van der Waals surface area (Å²) in [6.45, 7) is 5.37. The highest BCUT2D eigenvalue weighted by Crippen LogP contribution is 2.18. The van der Waals surface area contributed by atoms with Crippen molar-refractivity contribution in [2.75, 3.05) is 6.54 Å². The van der Waals surface area contributed by atoms with Crippen molar-refractivity contribution in [3.05, 3.63) is 58.5 Å². The van der Waals surface area contributed by atoms with Gasteiger partial charge >= 0.3 is 0 Å². The summed E-state index contributed by atoms with van der Waals surface area (Å²) >= 11 is 3.54. The summed E-state index contributed by atoms with van der Waals surface area (Å²) in [5, 5.41) is 3.54. The molecule has 0 bridgehead atoms. The molecule has 0 saturated heterocycles. The topological polar surface area (TPSA) is 25.2 Å². The van der Waals surface area contributed by atoms with Crippen LogP contribution in [-0.4, -0.2) is 12.6 Å². The van der Waals surface area contributed by atoms with E-state index in [4.69, 9.17) is 4.42 Å². The van der Waals surface area contributed by atoms with E-state index in [1.165, 1.54) is 5.56 Å². The molecule has 0 saturated carbocycles. The van der Waals surface area contributed by atoms with Gasteiger partial charge in [-0.1, -0.05) is 41.9 Å². The Morgan fingerprint density at radius 3 is 2.65 bits per heavy atom. The number of hydrogen-bond acceptors (Lipinski definition) is 2. The predicted octanol–water partition coefficient (Wildman–Crippen LogP) is 4.44. The van der Waals surface area contributed by atoms with E-state index in [2.05, 4.69) is 65.4 Å². The zero-order chi connectivity index (χ0) is 14.4. The summed E-state index contributed by atoms with van der Waals surface area (Å²) in [6.07, 6.45) is 3.78. The summed E-state index contributed by atoms with van der Waals surface area (Å²) in [5.41, 5.74) is 1.36. The van der Waals surface area contributed by atoms with Crippen molar-refractivity contribution in [2.45, 2.75) is 32.7 Å². The zero-order valence-corrected chi connectivity index (χ0v) is 13.7. The highest BCUT2D eigenvalue weighted by Gasteiger charge is 2.13. The third kappa shape index (κ3) is 5.14. The van der Waals surface area contributed by atoms with E-state index in [0.717, 1.165) is 29.6 Å². The van der Waals surface area contributed by atoms with Gasteiger partial charge in [0.25, 0.3) is 0 Å². The molecule has 1 N–H and O–H groups in total. The van der Waals surface area contributed by atoms with Crippen molar-refractivity contribution in [2.24, 2.45) is 5.92 Å². The van der Waals surface area contributed by atoms with E-state index in [-0.39, 0.29) is 0 Å². The Labute approximate surface area is 129 Å². The molecule has 1 unspecified atom stereocenters. The molecule has 2 nitrogen and oxygen atoms in total. The second-order valence-electron chi connectivity index (χ2n) is 5.55. The first kappa shape index (κ1) is 15.3. The number of benzene rings is 1. The zero-order valence-electron chi connectivity index (χ0n) is 12.1. The third-order valence-corrected chi connectivity index (χ3v) is 3.79. The van der Waals surface area contributed by atoms with Gasteiger partial charge in [0.2, 0.25) is 0 Å². The van der Waals surface area contributed by atoms with Gasteiger partial charge in [-0.05, 0) is 48.7 Å². The fourth-order valence-electron chi connectivity index (χ4n) is 2.33. The standard InChI is InChI=1S/C17H22BrNO/c1-13(2)19-12-15(11-17-7-4-8-20-17)9-14-5-3-6-16(18)10-14/h3-8,10,13,15,19H,9,11-12H2,1-2H3. The Bertz CT molecular complexity index is 507. The predicted molar refractivity (Wildman–Crippen MR) is 86.9 cm³/mol. The lowest BCUT2D eigenvalue weighted by atomic mass is 9.95. The van der Waals surface area contributed by atoms with E-state index in [9.17, 15) is 0 Å². The molecule has 0 amide bonds. The van der Waals surface area contributed by atoms with E-state index >= 15 is 0 Å². The average Bonchev–Trinajstić information content (AvgIpc) is 2.89. The molecule has 108 valence electrons. The van der Waals surface area contributed by atoms with Crippen molar-refractivity contribution in [3.8, 4) is 0 Å². The molecule has 0 spiro atoms. The molecule has 20 heavy (non-hydrogen) atoms. The first-order valence-corrected chi connectivity index (χ1v) is 7.93. The van der Waals surface area contributed by atoms with Crippen molar-refractivity contribution in [3.63, 3.8) is 0 Å². The molecule has 2 rings (SSSR count). The molecule has 0 fully saturated rings. The molecular weight excluding hydrogens is 314 g/mol. The highest BCUT2D eigenvalue weighted by atomic mass is 79.9. The lowest BCUT2D eigenvalue weighted by Gasteiger charge is -2.18. The van der Waals surface area contributed by atoms with Crippen LogP contribution < -0.4 is 5.32 Å². The van der Waals surface area contributed by atoms with Crippen LogP contribution in [0.25, 0.3) is 0 Å². The lowest BCUT2D eigenvalue weighted by molar-refractivity contribution is 0.402. The first-order chi connectivity index (χ1) is 9.63. The Kier molecular flexibility index (Phi) is 5.86. The molecule has 1 aromatic carbocycles. The third-order valence-electron chi connectivity index (χ3n) is 3.30. The summed E-state index contributed by atoms with van der Waals surface area (Å²) < 4.78 is 6.64. The van der Waals surface area contributed by atoms with Crippen LogP contribution in [0.2, 0.25) is 0 Å². The van der Waals surface area contributed by atoms with Crippen LogP contribution in [-0.2, 0) is 12.8 Å². The van der Waals surface area contributed by atoms with Crippen molar-refractivity contribution >= 4 is 15.9 Å². The lowest BCUT2D eigenvalue weighted by Crippen LogP contribution is -2.31. The number of hydrogen-bond donors (Lipinski definition) is 1. The normalized spacial score (nSPS) is 12.8. The molecule has 1 atom stereocenters. The largest absolute Gasteiger partial charge is 0.469 e. The maximum atomic E-state index is 5.50. The summed E-state index contributed by atoms with van der Waals surface area (Å²) in [6, 6.07) is 13.1. The van der Waals surface area contributed by atoms with Gasteiger partial charge in [-0.15, -0.1) is 0 Å². The highest BCUT2D eigenvalue weighted by molar-refractivity contribution is 9.10. The van der Waals surface area contributed by atoms with Gasteiger partial charge in [-0.25, -0.2) is 0 Å². The van der Waals surface area contributed by atoms with E-state index in [1.54, 1.807) is 6.26 Å². The number of halogens is 1. The average molecular weight is 336 g/mol. The van der Waals surface area contributed by atoms with Crippen LogP contribution in [0.4, 0.5) is 0 Å². The van der Waals surface area contributed by atoms with Crippen LogP contribution in [0, 0.1) is 5.92 Å². The summed E-state index contributed by atoms with van der Waals surface area (Å²) in [7, 11) is 0. The van der Waals surface area contributed by atoms with Crippen molar-refractivity contribution < 1.29 is 4.42 Å². The molecular formula is C17H22BrNO. The maximum absolute atomic E-state index is 5.50. The fourth-order valence-corrected chi connectivity index (χ4v) is 2.78. The van der Waals surface area contributed by atoms with E-state index in [1.807, 2.05) is 6.07 Å². The minimum Gasteiger partial charge on any atom is -0.469 e. The summed E-state index contributed by atoms with van der Waals surface area (Å²) in [5.74, 6) is 1.61. The minimum absolute atomic E-state index is 0.511. The minimum atomic E-state index is 0.511. The van der Waals surface area contributed by atoms with Crippen molar-refractivity contribution in [1.82, 2.24) is 5.32 Å². The van der Waals surface area contributed by atoms with Gasteiger partial charge in [0.1, 0.15) is 5.76 Å². The molecule has 3 heteroatoms. The molecule has 0 aliphatic carbocycles. The summed E-state index contributed by atoms with van der Waals surface area (Å²) in [4.78, 5) is 0. The van der Waals surface area contributed by atoms with Gasteiger partial charge in [-0.2, -0.15) is 0 Å². The molecule has 0 radical (unpaired) electrons. The van der Waals surface area contributed by atoms with Crippen LogP contribution in [0.15, 0.2) is 51.6 Å². The van der Waals surface area contributed by atoms with Gasteiger partial charge in [0.15, 0.2) is 0 Å². The van der Waals surface area contributed by atoms with Gasteiger partial charge < -0.3 is 9.73 Å². The molecule has 0 aliphatic rings. The van der Waals surface area contributed by atoms with Gasteiger partial charge in [0.05, 0.1) is 6.26 Å². The second kappa shape index (κ2) is 7.65. The maximum Gasteiger partial charge on any atom is 0.104 e. The SMILES string of the molecule is CC(C)NCC(Cc1cccc(Br)c1)Cc1ccco1. The fraction of sp³-hybridized carbons (Fsp3) is 0.412. The van der Waals surface area contributed by atoms with Crippen LogP contribution in [0.5, 0.6) is 0 Å². The van der Waals surface area contributed by atoms with Crippen LogP contribution in [0.1, 0.15) is 25.2 Å². The van der Waals surface area contributed by atoms with Crippen LogP contribution >= 0.6 is 15.9 Å². The Balaban J connectivity index is 2.01. The Morgan fingerprint density at radius 1 is 1.15 bits per heavy atom. The number of nitrogens with one attached hydrogen (secondary N) is 1. The number of furan rings is 1. The first-order valence-electron chi connectivity index (χ1n) is 7.13. The van der Waals surface area contributed by atoms with E-state index < -0.39 is 0 Å². The monoisotopic (exact) mass is 335 g/mol. The molecule has 0 aliphatic heterocycles. The Hall–Kier alpha value is -1.06. The quantitative estimate of drug-likeness (QED) is 0.809. The van der Waals surface area contributed by atoms with Gasteiger partial charge in [0, 0.05) is 16.9 Å². The molecule has 1 heterocycles. The van der Waals surface area contributed by atoms with Gasteiger partial charge in [-0.3, -0.25) is 0 Å². The molecule has 1 aromatic heterocycles. The Morgan fingerprint density at radius 2 is 2.00 bits per heavy atom. The smallest absolute Gasteiger partial charge is 0.104 e. The second-order valence-corrected chi connectivity index (χ2v) is 6.46. The van der Waals surface area contributed by atoms with Crippen LogP contribution in [0.3, 0.4) is 0 Å². The molecule has 2 aromatic rings.